The van der Waals surface area contributed by atoms with Gasteiger partial charge in [-0.3, -0.25) is 9.59 Å². The van der Waals surface area contributed by atoms with E-state index in [1.807, 2.05) is 13.8 Å². The number of carbonyl (C=O) groups is 2. The molecule has 0 spiro atoms. The Labute approximate surface area is 155 Å². The van der Waals surface area contributed by atoms with E-state index in [0.717, 1.165) is 23.1 Å². The minimum atomic E-state index is -1.38. The lowest BCUT2D eigenvalue weighted by Crippen LogP contribution is -2.41. The Morgan fingerprint density at radius 2 is 1.65 bits per heavy atom. The normalized spacial score (nSPS) is 25.7. The molecule has 144 valence electrons. The van der Waals surface area contributed by atoms with Crippen LogP contribution in [0.1, 0.15) is 58.8 Å². The standard InChI is InChI=1S/C21H30O5/c1-13(2)18-16-12-26-17(14-8-6-5-7-9-14)10-15(16)11-21(18,19(22)24-3)20(23)25-4/h14,17H,5-12H2,1-4H3/t17-/m0/s1. The molecule has 3 aliphatic rings. The first-order valence-corrected chi connectivity index (χ1v) is 9.63. The van der Waals surface area contributed by atoms with E-state index in [9.17, 15) is 9.59 Å². The van der Waals surface area contributed by atoms with Gasteiger partial charge in [0, 0.05) is 6.42 Å². The monoisotopic (exact) mass is 362 g/mol. The van der Waals surface area contributed by atoms with Crippen molar-refractivity contribution in [3.05, 3.63) is 22.3 Å². The van der Waals surface area contributed by atoms with Crippen LogP contribution >= 0.6 is 0 Å². The fourth-order valence-electron chi connectivity index (χ4n) is 5.13. The number of methoxy groups -OCH3 is 2. The molecule has 0 radical (unpaired) electrons. The van der Waals surface area contributed by atoms with Gasteiger partial charge in [0.1, 0.15) is 0 Å². The van der Waals surface area contributed by atoms with E-state index in [1.54, 1.807) is 0 Å². The van der Waals surface area contributed by atoms with Crippen molar-refractivity contribution in [2.45, 2.75) is 64.9 Å². The Balaban J connectivity index is 1.95. The first-order valence-electron chi connectivity index (χ1n) is 9.63. The summed E-state index contributed by atoms with van der Waals surface area (Å²) in [6, 6.07) is 0. The zero-order chi connectivity index (χ0) is 18.9. The highest BCUT2D eigenvalue weighted by Gasteiger charge is 2.58. The largest absolute Gasteiger partial charge is 0.468 e. The molecule has 0 aromatic carbocycles. The first kappa shape index (κ1) is 19.2. The Morgan fingerprint density at radius 3 is 2.19 bits per heavy atom. The second kappa shape index (κ2) is 7.55. The fourth-order valence-corrected chi connectivity index (χ4v) is 5.13. The zero-order valence-corrected chi connectivity index (χ0v) is 16.4. The third kappa shape index (κ3) is 3.00. The predicted octanol–water partition coefficient (Wildman–Crippen LogP) is 3.72. The number of carbonyl (C=O) groups excluding carboxylic acids is 2. The Kier molecular flexibility index (Phi) is 5.56. The lowest BCUT2D eigenvalue weighted by molar-refractivity contribution is -0.165. The van der Waals surface area contributed by atoms with Gasteiger partial charge in [0.05, 0.1) is 26.9 Å². The van der Waals surface area contributed by atoms with Crippen molar-refractivity contribution in [3.63, 3.8) is 0 Å². The van der Waals surface area contributed by atoms with Crippen LogP contribution in [0, 0.1) is 11.3 Å². The van der Waals surface area contributed by atoms with Crippen molar-refractivity contribution in [2.24, 2.45) is 11.3 Å². The van der Waals surface area contributed by atoms with Crippen LogP contribution in [0.25, 0.3) is 0 Å². The van der Waals surface area contributed by atoms with Crippen LogP contribution in [0.15, 0.2) is 22.3 Å². The summed E-state index contributed by atoms with van der Waals surface area (Å²) in [6.07, 6.45) is 7.62. The van der Waals surface area contributed by atoms with E-state index >= 15 is 0 Å². The smallest absolute Gasteiger partial charge is 0.328 e. The van der Waals surface area contributed by atoms with E-state index in [-0.39, 0.29) is 6.10 Å². The van der Waals surface area contributed by atoms with Crippen molar-refractivity contribution >= 4 is 11.9 Å². The number of allylic oxidation sites excluding steroid dienone is 1. The minimum Gasteiger partial charge on any atom is -0.468 e. The van der Waals surface area contributed by atoms with Crippen molar-refractivity contribution in [2.75, 3.05) is 20.8 Å². The van der Waals surface area contributed by atoms with Crippen molar-refractivity contribution in [1.82, 2.24) is 0 Å². The van der Waals surface area contributed by atoms with Crippen LogP contribution in [0.2, 0.25) is 0 Å². The first-order chi connectivity index (χ1) is 12.5. The van der Waals surface area contributed by atoms with E-state index in [0.29, 0.717) is 18.9 Å². The van der Waals surface area contributed by atoms with Crippen LogP contribution in [-0.2, 0) is 23.8 Å². The SMILES string of the molecule is COC(=O)C1(C(=O)OC)CC2=C(CO[C@H](C3CCCCC3)C2)C1=C(C)C. The lowest BCUT2D eigenvalue weighted by atomic mass is 9.77. The second-order valence-electron chi connectivity index (χ2n) is 7.97. The molecule has 0 unspecified atom stereocenters. The zero-order valence-electron chi connectivity index (χ0n) is 16.4. The summed E-state index contributed by atoms with van der Waals surface area (Å²) >= 11 is 0. The molecule has 1 aliphatic heterocycles. The molecule has 0 N–H and O–H groups in total. The van der Waals surface area contributed by atoms with Gasteiger partial charge in [-0.2, -0.15) is 0 Å². The van der Waals surface area contributed by atoms with Crippen LogP contribution < -0.4 is 0 Å². The summed E-state index contributed by atoms with van der Waals surface area (Å²) in [4.78, 5) is 25.5. The third-order valence-electron chi connectivity index (χ3n) is 6.27. The molecule has 1 fully saturated rings. The minimum absolute atomic E-state index is 0.193. The Morgan fingerprint density at radius 1 is 1.04 bits per heavy atom. The fraction of sp³-hybridized carbons (Fsp3) is 0.714. The summed E-state index contributed by atoms with van der Waals surface area (Å²) in [7, 11) is 2.66. The van der Waals surface area contributed by atoms with Crippen molar-refractivity contribution in [1.29, 1.82) is 0 Å². The maximum atomic E-state index is 12.8. The highest BCUT2D eigenvalue weighted by atomic mass is 16.5. The highest BCUT2D eigenvalue weighted by Crippen LogP contribution is 2.53. The van der Waals surface area contributed by atoms with Crippen molar-refractivity contribution < 1.29 is 23.8 Å². The van der Waals surface area contributed by atoms with Gasteiger partial charge in [-0.15, -0.1) is 0 Å². The number of hydrogen-bond acceptors (Lipinski definition) is 5. The average Bonchev–Trinajstić information content (AvgIpc) is 3.02. The van der Waals surface area contributed by atoms with E-state index in [1.165, 1.54) is 51.9 Å². The van der Waals surface area contributed by atoms with Crippen molar-refractivity contribution in [3.8, 4) is 0 Å². The molecule has 1 atom stereocenters. The Hall–Kier alpha value is -1.62. The molecular formula is C21H30O5. The number of rotatable bonds is 3. The van der Waals surface area contributed by atoms with Gasteiger partial charge in [0.25, 0.3) is 0 Å². The molecule has 5 heteroatoms. The molecule has 2 aliphatic carbocycles. The summed E-state index contributed by atoms with van der Waals surface area (Å²) < 4.78 is 16.3. The van der Waals surface area contributed by atoms with Crippen LogP contribution in [0.5, 0.6) is 0 Å². The molecule has 0 aromatic heterocycles. The van der Waals surface area contributed by atoms with Crippen LogP contribution in [0.4, 0.5) is 0 Å². The van der Waals surface area contributed by atoms with Gasteiger partial charge >= 0.3 is 11.9 Å². The maximum absolute atomic E-state index is 12.8. The third-order valence-corrected chi connectivity index (χ3v) is 6.27. The summed E-state index contributed by atoms with van der Waals surface area (Å²) in [5.74, 6) is -0.493. The molecule has 5 nitrogen and oxygen atoms in total. The predicted molar refractivity (Wildman–Crippen MR) is 97.4 cm³/mol. The van der Waals surface area contributed by atoms with Gasteiger partial charge < -0.3 is 14.2 Å². The molecule has 1 heterocycles. The summed E-state index contributed by atoms with van der Waals surface area (Å²) in [5, 5.41) is 0. The summed E-state index contributed by atoms with van der Waals surface area (Å²) in [6.45, 7) is 4.32. The van der Waals surface area contributed by atoms with E-state index in [4.69, 9.17) is 14.2 Å². The molecule has 0 aromatic rings. The van der Waals surface area contributed by atoms with Crippen LogP contribution in [-0.4, -0.2) is 38.9 Å². The highest BCUT2D eigenvalue weighted by molar-refractivity contribution is 6.06. The molecule has 1 saturated carbocycles. The molecular weight excluding hydrogens is 332 g/mol. The maximum Gasteiger partial charge on any atom is 0.328 e. The number of hydrogen-bond donors (Lipinski definition) is 0. The van der Waals surface area contributed by atoms with Gasteiger partial charge in [0.15, 0.2) is 5.41 Å². The van der Waals surface area contributed by atoms with Gasteiger partial charge in [-0.1, -0.05) is 30.4 Å². The molecule has 0 bridgehead atoms. The van der Waals surface area contributed by atoms with E-state index < -0.39 is 17.4 Å². The molecule has 26 heavy (non-hydrogen) atoms. The van der Waals surface area contributed by atoms with E-state index in [2.05, 4.69) is 0 Å². The quantitative estimate of drug-likeness (QED) is 0.565. The molecule has 0 amide bonds. The van der Waals surface area contributed by atoms with Gasteiger partial charge in [0.2, 0.25) is 0 Å². The van der Waals surface area contributed by atoms with Gasteiger partial charge in [-0.25, -0.2) is 0 Å². The topological polar surface area (TPSA) is 61.8 Å². The number of esters is 2. The summed E-state index contributed by atoms with van der Waals surface area (Å²) in [5.41, 5.74) is 2.48. The lowest BCUT2D eigenvalue weighted by Gasteiger charge is -2.34. The van der Waals surface area contributed by atoms with Crippen LogP contribution in [0.3, 0.4) is 0 Å². The second-order valence-corrected chi connectivity index (χ2v) is 7.97. The average molecular weight is 362 g/mol. The van der Waals surface area contributed by atoms with Gasteiger partial charge in [-0.05, 0) is 50.2 Å². The molecule has 0 saturated heterocycles. The number of ether oxygens (including phenoxy) is 3. The Bertz CT molecular complexity index is 631. The molecule has 3 rings (SSSR count).